The molecule has 1 atom stereocenters. The minimum absolute atomic E-state index is 0.305. The van der Waals surface area contributed by atoms with Gasteiger partial charge in [0.05, 0.1) is 0 Å². The van der Waals surface area contributed by atoms with Crippen LogP contribution in [0.5, 0.6) is 0 Å². The third kappa shape index (κ3) is 3.92. The molecule has 0 aromatic heterocycles. The van der Waals surface area contributed by atoms with E-state index in [1.54, 1.807) is 0 Å². The molecule has 0 radical (unpaired) electrons. The molecule has 0 aliphatic heterocycles. The Bertz CT molecular complexity index is 260. The van der Waals surface area contributed by atoms with Crippen LogP contribution in [-0.4, -0.2) is 6.04 Å². The number of rotatable bonds is 4. The molecule has 1 nitrogen and oxygen atoms in total. The smallest absolute Gasteiger partial charge is 0.0178 e. The fourth-order valence-electron chi connectivity index (χ4n) is 1.44. The van der Waals surface area contributed by atoms with Crippen molar-refractivity contribution in [1.29, 1.82) is 0 Å². The molecule has 72 valence electrons. The molecule has 0 bridgehead atoms. The first-order valence-electron chi connectivity index (χ1n) is 4.72. The molecule has 0 saturated carbocycles. The molecule has 0 aliphatic rings. The van der Waals surface area contributed by atoms with Crippen LogP contribution in [0.15, 0.2) is 28.7 Å². The van der Waals surface area contributed by atoms with E-state index in [-0.39, 0.29) is 0 Å². The minimum Gasteiger partial charge on any atom is -0.327 e. The zero-order valence-corrected chi connectivity index (χ0v) is 9.55. The van der Waals surface area contributed by atoms with Gasteiger partial charge in [-0.05, 0) is 30.5 Å². The number of halogens is 1. The van der Waals surface area contributed by atoms with E-state index in [2.05, 4.69) is 41.1 Å². The largest absolute Gasteiger partial charge is 0.327 e. The highest BCUT2D eigenvalue weighted by Crippen LogP contribution is 2.13. The average molecular weight is 242 g/mol. The molecular formula is C11H16BrN. The molecular weight excluding hydrogens is 226 g/mol. The molecule has 13 heavy (non-hydrogen) atoms. The van der Waals surface area contributed by atoms with Crippen LogP contribution in [0.25, 0.3) is 0 Å². The summed E-state index contributed by atoms with van der Waals surface area (Å²) in [7, 11) is 0. The van der Waals surface area contributed by atoms with E-state index in [1.165, 1.54) is 5.56 Å². The van der Waals surface area contributed by atoms with Gasteiger partial charge in [0.1, 0.15) is 0 Å². The molecule has 0 unspecified atom stereocenters. The standard InChI is InChI=1S/C11H16BrN/c1-2-4-11(13)8-9-5-3-6-10(12)7-9/h3,5-7,11H,2,4,8,13H2,1H3/t11-/m0/s1. The van der Waals surface area contributed by atoms with E-state index in [4.69, 9.17) is 5.73 Å². The fraction of sp³-hybridized carbons (Fsp3) is 0.455. The van der Waals surface area contributed by atoms with Crippen LogP contribution in [0, 0.1) is 0 Å². The van der Waals surface area contributed by atoms with Crippen LogP contribution in [0.3, 0.4) is 0 Å². The Kier molecular flexibility index (Phi) is 4.46. The first kappa shape index (κ1) is 10.7. The lowest BCUT2D eigenvalue weighted by molar-refractivity contribution is 0.600. The van der Waals surface area contributed by atoms with Crippen molar-refractivity contribution in [3.63, 3.8) is 0 Å². The molecule has 2 N–H and O–H groups in total. The quantitative estimate of drug-likeness (QED) is 0.862. The number of nitrogens with two attached hydrogens (primary N) is 1. The Balaban J connectivity index is 2.53. The zero-order valence-electron chi connectivity index (χ0n) is 7.96. The van der Waals surface area contributed by atoms with E-state index in [1.807, 2.05) is 6.07 Å². The van der Waals surface area contributed by atoms with Gasteiger partial charge in [-0.3, -0.25) is 0 Å². The van der Waals surface area contributed by atoms with Crippen LogP contribution in [0.4, 0.5) is 0 Å². The third-order valence-corrected chi connectivity index (χ3v) is 2.54. The SMILES string of the molecule is CCC[C@H](N)Cc1cccc(Br)c1. The summed E-state index contributed by atoms with van der Waals surface area (Å²) in [4.78, 5) is 0. The van der Waals surface area contributed by atoms with Gasteiger partial charge in [-0.2, -0.15) is 0 Å². The van der Waals surface area contributed by atoms with Crippen LogP contribution >= 0.6 is 15.9 Å². The molecule has 1 aromatic rings. The summed E-state index contributed by atoms with van der Waals surface area (Å²) in [5.74, 6) is 0. The first-order chi connectivity index (χ1) is 6.22. The molecule has 2 heteroatoms. The lowest BCUT2D eigenvalue weighted by atomic mass is 10.0. The minimum atomic E-state index is 0.305. The molecule has 0 spiro atoms. The normalized spacial score (nSPS) is 12.8. The van der Waals surface area contributed by atoms with E-state index in [0.717, 1.165) is 23.7 Å². The summed E-state index contributed by atoms with van der Waals surface area (Å²) in [6, 6.07) is 8.65. The molecule has 0 saturated heterocycles. The molecule has 0 heterocycles. The van der Waals surface area contributed by atoms with Crippen LogP contribution in [0.1, 0.15) is 25.3 Å². The highest BCUT2D eigenvalue weighted by Gasteiger charge is 2.02. The van der Waals surface area contributed by atoms with Crippen molar-refractivity contribution in [3.05, 3.63) is 34.3 Å². The molecule has 1 rings (SSSR count). The van der Waals surface area contributed by atoms with Crippen molar-refractivity contribution in [2.75, 3.05) is 0 Å². The van der Waals surface area contributed by atoms with E-state index in [9.17, 15) is 0 Å². The molecule has 0 fully saturated rings. The fourth-order valence-corrected chi connectivity index (χ4v) is 1.89. The number of hydrogen-bond acceptors (Lipinski definition) is 1. The van der Waals surface area contributed by atoms with E-state index in [0.29, 0.717) is 6.04 Å². The van der Waals surface area contributed by atoms with Crippen molar-refractivity contribution in [1.82, 2.24) is 0 Å². The van der Waals surface area contributed by atoms with Crippen molar-refractivity contribution < 1.29 is 0 Å². The highest BCUT2D eigenvalue weighted by atomic mass is 79.9. The Morgan fingerprint density at radius 3 is 2.85 bits per heavy atom. The van der Waals surface area contributed by atoms with Crippen molar-refractivity contribution >= 4 is 15.9 Å². The van der Waals surface area contributed by atoms with Crippen LogP contribution in [-0.2, 0) is 6.42 Å². The average Bonchev–Trinajstić information content (AvgIpc) is 2.04. The van der Waals surface area contributed by atoms with Gasteiger partial charge < -0.3 is 5.73 Å². The van der Waals surface area contributed by atoms with Gasteiger partial charge >= 0.3 is 0 Å². The van der Waals surface area contributed by atoms with Crippen molar-refractivity contribution in [2.45, 2.75) is 32.2 Å². The Hall–Kier alpha value is -0.340. The maximum Gasteiger partial charge on any atom is 0.0178 e. The first-order valence-corrected chi connectivity index (χ1v) is 5.51. The summed E-state index contributed by atoms with van der Waals surface area (Å²) in [5.41, 5.74) is 7.27. The van der Waals surface area contributed by atoms with Gasteiger partial charge in [0.25, 0.3) is 0 Å². The van der Waals surface area contributed by atoms with Gasteiger partial charge in [0, 0.05) is 10.5 Å². The second-order valence-electron chi connectivity index (χ2n) is 3.38. The van der Waals surface area contributed by atoms with Gasteiger partial charge in [0.15, 0.2) is 0 Å². The Morgan fingerprint density at radius 1 is 1.46 bits per heavy atom. The summed E-state index contributed by atoms with van der Waals surface area (Å²) in [5, 5.41) is 0. The number of benzene rings is 1. The maximum atomic E-state index is 5.95. The van der Waals surface area contributed by atoms with E-state index < -0.39 is 0 Å². The molecule has 0 amide bonds. The molecule has 1 aromatic carbocycles. The summed E-state index contributed by atoms with van der Waals surface area (Å²) in [6.07, 6.45) is 3.25. The van der Waals surface area contributed by atoms with Crippen molar-refractivity contribution in [2.24, 2.45) is 5.73 Å². The number of hydrogen-bond donors (Lipinski definition) is 1. The second kappa shape index (κ2) is 5.40. The topological polar surface area (TPSA) is 26.0 Å². The van der Waals surface area contributed by atoms with Crippen LogP contribution < -0.4 is 5.73 Å². The van der Waals surface area contributed by atoms with Crippen LogP contribution in [0.2, 0.25) is 0 Å². The molecule has 0 aliphatic carbocycles. The Labute approximate surface area is 88.5 Å². The Morgan fingerprint density at radius 2 is 2.23 bits per heavy atom. The lowest BCUT2D eigenvalue weighted by Crippen LogP contribution is -2.22. The van der Waals surface area contributed by atoms with Crippen molar-refractivity contribution in [3.8, 4) is 0 Å². The highest BCUT2D eigenvalue weighted by molar-refractivity contribution is 9.10. The predicted octanol–water partition coefficient (Wildman–Crippen LogP) is 3.12. The van der Waals surface area contributed by atoms with Gasteiger partial charge in [-0.25, -0.2) is 0 Å². The third-order valence-electron chi connectivity index (χ3n) is 2.05. The van der Waals surface area contributed by atoms with E-state index >= 15 is 0 Å². The second-order valence-corrected chi connectivity index (χ2v) is 4.30. The predicted molar refractivity (Wildman–Crippen MR) is 60.7 cm³/mol. The van der Waals surface area contributed by atoms with Gasteiger partial charge in [0.2, 0.25) is 0 Å². The zero-order chi connectivity index (χ0) is 9.68. The van der Waals surface area contributed by atoms with Gasteiger partial charge in [-0.15, -0.1) is 0 Å². The maximum absolute atomic E-state index is 5.95. The lowest BCUT2D eigenvalue weighted by Gasteiger charge is -2.09. The summed E-state index contributed by atoms with van der Waals surface area (Å²) >= 11 is 3.45. The monoisotopic (exact) mass is 241 g/mol. The van der Waals surface area contributed by atoms with Gasteiger partial charge in [-0.1, -0.05) is 41.4 Å². The summed E-state index contributed by atoms with van der Waals surface area (Å²) < 4.78 is 1.13. The summed E-state index contributed by atoms with van der Waals surface area (Å²) in [6.45, 7) is 2.17.